The normalized spacial score (nSPS) is 12.9. The van der Waals surface area contributed by atoms with Crippen molar-refractivity contribution in [2.45, 2.75) is 71.4 Å². The zero-order valence-corrected chi connectivity index (χ0v) is 19.2. The molecule has 0 N–H and O–H groups in total. The molecule has 0 amide bonds. The molecular formula is C19H38OPtSi. The summed E-state index contributed by atoms with van der Waals surface area (Å²) in [5.74, 6) is 0. The molecule has 0 aromatic heterocycles. The third-order valence-corrected chi connectivity index (χ3v) is 6.71. The van der Waals surface area contributed by atoms with E-state index < -0.39 is 8.32 Å². The van der Waals surface area contributed by atoms with Gasteiger partial charge in [-0.15, -0.1) is 6.42 Å². The van der Waals surface area contributed by atoms with Crippen LogP contribution in [0.2, 0.25) is 13.1 Å². The maximum atomic E-state index is 5.72. The number of hydrogen-bond donors (Lipinski definition) is 0. The molecule has 1 nitrogen and oxygen atoms in total. The molecule has 1 rings (SSSR count). The van der Waals surface area contributed by atoms with Gasteiger partial charge in [0, 0.05) is 7.11 Å². The molecule has 1 aliphatic rings. The van der Waals surface area contributed by atoms with Gasteiger partial charge in [-0.25, -0.2) is 5.57 Å². The summed E-state index contributed by atoms with van der Waals surface area (Å²) >= 11 is 0. The summed E-state index contributed by atoms with van der Waals surface area (Å²) in [5.41, 5.74) is 1.46. The minimum atomic E-state index is -1.63. The molecule has 0 bridgehead atoms. The van der Waals surface area contributed by atoms with Crippen LogP contribution in [0.25, 0.3) is 0 Å². The van der Waals surface area contributed by atoms with Crippen LogP contribution < -0.4 is 0 Å². The largest absolute Gasteiger partial charge is 4.00 e. The number of rotatable bonds is 9. The Balaban J connectivity index is -0.000000405. The molecule has 134 valence electrons. The molecule has 3 heteroatoms. The maximum Gasteiger partial charge on any atom is 4.00 e. The van der Waals surface area contributed by atoms with E-state index in [9.17, 15) is 0 Å². The topological polar surface area (TPSA) is 9.23 Å². The van der Waals surface area contributed by atoms with Gasteiger partial charge in [0.2, 0.25) is 0 Å². The summed E-state index contributed by atoms with van der Waals surface area (Å²) in [7, 11) is 0.228. The van der Waals surface area contributed by atoms with Gasteiger partial charge in [-0.1, -0.05) is 65.0 Å². The molecule has 0 aromatic carbocycles. The first-order chi connectivity index (χ1) is 8.61. The minimum Gasteiger partial charge on any atom is -0.434 e. The zero-order chi connectivity index (χ0) is 13.4. The van der Waals surface area contributed by atoms with Crippen molar-refractivity contribution in [3.63, 3.8) is 0 Å². The monoisotopic (exact) mass is 505 g/mol. The van der Waals surface area contributed by atoms with Crippen LogP contribution in [0.15, 0.2) is 16.8 Å². The van der Waals surface area contributed by atoms with Crippen molar-refractivity contribution in [3.05, 3.63) is 45.2 Å². The summed E-state index contributed by atoms with van der Waals surface area (Å²) in [6, 6.07) is 0. The standard InChI is InChI=1S/C16H29OSi.3CH3.Pt/c1-5-6-7-8-9-10-12-15-13-11-14-16(15)18(3,4)17-2;;;;/h14H,5-12H2,1-4H3;3*1H3;/q4*-1;+4. The summed E-state index contributed by atoms with van der Waals surface area (Å²) < 4.78 is 5.72. The number of unbranched alkanes of at least 4 members (excludes halogenated alkanes) is 5. The van der Waals surface area contributed by atoms with E-state index in [1.54, 1.807) is 0 Å². The van der Waals surface area contributed by atoms with Gasteiger partial charge in [-0.05, 0) is 0 Å². The molecule has 22 heavy (non-hydrogen) atoms. The quantitative estimate of drug-likeness (QED) is 0.197. The zero-order valence-electron chi connectivity index (χ0n) is 16.0. The van der Waals surface area contributed by atoms with Gasteiger partial charge >= 0.3 is 21.1 Å². The summed E-state index contributed by atoms with van der Waals surface area (Å²) in [4.78, 5) is 0. The first-order valence-electron chi connectivity index (χ1n) is 7.47. The molecule has 0 aliphatic heterocycles. The second-order valence-electron chi connectivity index (χ2n) is 5.71. The number of allylic oxidation sites excluding steroid dienone is 4. The van der Waals surface area contributed by atoms with Gasteiger partial charge in [0.05, 0.1) is 0 Å². The van der Waals surface area contributed by atoms with Crippen LogP contribution in [0.1, 0.15) is 58.3 Å². The van der Waals surface area contributed by atoms with E-state index in [-0.39, 0.29) is 43.3 Å². The van der Waals surface area contributed by atoms with E-state index >= 15 is 0 Å². The molecule has 0 atom stereocenters. The smallest absolute Gasteiger partial charge is 0.434 e. The van der Waals surface area contributed by atoms with Crippen molar-refractivity contribution < 1.29 is 25.5 Å². The van der Waals surface area contributed by atoms with Gasteiger partial charge < -0.3 is 26.7 Å². The molecule has 0 saturated carbocycles. The van der Waals surface area contributed by atoms with E-state index in [1.165, 1.54) is 55.7 Å². The van der Waals surface area contributed by atoms with Gasteiger partial charge in [-0.3, -0.25) is 6.08 Å². The molecule has 0 radical (unpaired) electrons. The van der Waals surface area contributed by atoms with Crippen molar-refractivity contribution in [1.82, 2.24) is 0 Å². The van der Waals surface area contributed by atoms with Crippen LogP contribution in [0, 0.1) is 28.4 Å². The van der Waals surface area contributed by atoms with Crippen molar-refractivity contribution in [2.24, 2.45) is 0 Å². The van der Waals surface area contributed by atoms with Crippen LogP contribution in [-0.4, -0.2) is 15.4 Å². The summed E-state index contributed by atoms with van der Waals surface area (Å²) in [6.45, 7) is 6.84. The molecule has 0 aromatic rings. The third-order valence-electron chi connectivity index (χ3n) is 3.89. The average Bonchev–Trinajstić information content (AvgIpc) is 2.82. The molecule has 0 spiro atoms. The Hall–Kier alpha value is 0.345. The van der Waals surface area contributed by atoms with E-state index in [1.807, 2.05) is 7.11 Å². The molecule has 0 fully saturated rings. The molecule has 1 aliphatic carbocycles. The Kier molecular flexibility index (Phi) is 22.3. The predicted octanol–water partition coefficient (Wildman–Crippen LogP) is 6.54. The van der Waals surface area contributed by atoms with E-state index in [2.05, 4.69) is 32.2 Å². The fourth-order valence-corrected chi connectivity index (χ4v) is 4.27. The first-order valence-corrected chi connectivity index (χ1v) is 10.4. The fourth-order valence-electron chi connectivity index (χ4n) is 2.52. The number of hydrogen-bond acceptors (Lipinski definition) is 1. The van der Waals surface area contributed by atoms with Crippen LogP contribution in [0.3, 0.4) is 0 Å². The Bertz CT molecular complexity index is 309. The second-order valence-corrected chi connectivity index (χ2v) is 9.68. The summed E-state index contributed by atoms with van der Waals surface area (Å²) in [5, 5.41) is 1.50. The average molecular weight is 506 g/mol. The van der Waals surface area contributed by atoms with Crippen LogP contribution >= 0.6 is 0 Å². The Morgan fingerprint density at radius 2 is 1.59 bits per heavy atom. The maximum absolute atomic E-state index is 5.72. The van der Waals surface area contributed by atoms with Crippen molar-refractivity contribution in [3.8, 4) is 0 Å². The van der Waals surface area contributed by atoms with Gasteiger partial charge in [0.1, 0.15) is 8.32 Å². The molecule has 0 unspecified atom stereocenters. The predicted molar refractivity (Wildman–Crippen MR) is 101 cm³/mol. The Labute approximate surface area is 157 Å². The van der Waals surface area contributed by atoms with Crippen LogP contribution in [0.4, 0.5) is 0 Å². The van der Waals surface area contributed by atoms with E-state index in [4.69, 9.17) is 4.43 Å². The Morgan fingerprint density at radius 3 is 2.14 bits per heavy atom. The third kappa shape index (κ3) is 10.2. The fraction of sp³-hybridized carbons (Fsp3) is 0.632. The van der Waals surface area contributed by atoms with Gasteiger partial charge in [0.25, 0.3) is 0 Å². The minimum absolute atomic E-state index is 0. The van der Waals surface area contributed by atoms with Gasteiger partial charge in [-0.2, -0.15) is 11.3 Å². The van der Waals surface area contributed by atoms with Crippen molar-refractivity contribution >= 4 is 8.32 Å². The van der Waals surface area contributed by atoms with Gasteiger partial charge in [0.15, 0.2) is 0 Å². The van der Waals surface area contributed by atoms with Crippen molar-refractivity contribution in [2.75, 3.05) is 7.11 Å². The first kappa shape index (κ1) is 30.3. The van der Waals surface area contributed by atoms with E-state index in [0.29, 0.717) is 0 Å². The molecule has 0 saturated heterocycles. The van der Waals surface area contributed by atoms with Crippen LogP contribution in [0.5, 0.6) is 0 Å². The molecular weight excluding hydrogens is 467 g/mol. The van der Waals surface area contributed by atoms with Crippen molar-refractivity contribution in [1.29, 1.82) is 0 Å². The van der Waals surface area contributed by atoms with Crippen LogP contribution in [-0.2, 0) is 25.5 Å². The Morgan fingerprint density at radius 1 is 1.05 bits per heavy atom. The second kappa shape index (κ2) is 16.2. The summed E-state index contributed by atoms with van der Waals surface area (Å²) in [6.07, 6.45) is 16.3. The molecule has 0 heterocycles. The SMILES string of the molecule is CCCCCCCCC1=[C-]CC=C1[Si](C)(C)OC.[CH3-].[CH3-].[CH3-].[Pt+4]. The van der Waals surface area contributed by atoms with E-state index in [0.717, 1.165) is 6.42 Å².